The molecule has 0 aromatic carbocycles. The molecule has 1 aliphatic rings. The zero-order chi connectivity index (χ0) is 9.71. The minimum absolute atomic E-state index is 0.576. The SMILES string of the molecule is CC1CC1c1nnc2ccc(N)cn12. The molecule has 2 heterocycles. The molecular weight excluding hydrogens is 176 g/mol. The van der Waals surface area contributed by atoms with E-state index >= 15 is 0 Å². The summed E-state index contributed by atoms with van der Waals surface area (Å²) in [6, 6.07) is 3.75. The molecule has 0 radical (unpaired) electrons. The molecule has 3 rings (SSSR count). The fraction of sp³-hybridized carbons (Fsp3) is 0.400. The second kappa shape index (κ2) is 2.47. The highest BCUT2D eigenvalue weighted by atomic mass is 15.3. The summed E-state index contributed by atoms with van der Waals surface area (Å²) < 4.78 is 2.00. The Morgan fingerprint density at radius 3 is 2.93 bits per heavy atom. The number of pyridine rings is 1. The van der Waals surface area contributed by atoms with E-state index < -0.39 is 0 Å². The molecule has 14 heavy (non-hydrogen) atoms. The summed E-state index contributed by atoms with van der Waals surface area (Å²) in [5.41, 5.74) is 7.37. The van der Waals surface area contributed by atoms with Crippen LogP contribution in [0.3, 0.4) is 0 Å². The van der Waals surface area contributed by atoms with Crippen molar-refractivity contribution in [3.8, 4) is 0 Å². The Balaban J connectivity index is 2.19. The summed E-state index contributed by atoms with van der Waals surface area (Å²) in [7, 11) is 0. The Morgan fingerprint density at radius 2 is 2.21 bits per heavy atom. The van der Waals surface area contributed by atoms with Crippen LogP contribution in [0.5, 0.6) is 0 Å². The van der Waals surface area contributed by atoms with Crippen LogP contribution in [0.25, 0.3) is 5.65 Å². The van der Waals surface area contributed by atoms with E-state index in [9.17, 15) is 0 Å². The maximum atomic E-state index is 5.73. The van der Waals surface area contributed by atoms with Gasteiger partial charge in [-0.15, -0.1) is 10.2 Å². The summed E-state index contributed by atoms with van der Waals surface area (Å²) in [4.78, 5) is 0. The third-order valence-electron chi connectivity index (χ3n) is 2.89. The van der Waals surface area contributed by atoms with Gasteiger partial charge in [0.2, 0.25) is 0 Å². The molecular formula is C10H12N4. The minimum atomic E-state index is 0.576. The zero-order valence-electron chi connectivity index (χ0n) is 8.01. The number of aromatic nitrogens is 3. The predicted octanol–water partition coefficient (Wildman–Crippen LogP) is 1.43. The Morgan fingerprint density at radius 1 is 1.43 bits per heavy atom. The van der Waals surface area contributed by atoms with Gasteiger partial charge in [-0.2, -0.15) is 0 Å². The van der Waals surface area contributed by atoms with Gasteiger partial charge < -0.3 is 5.73 Å². The van der Waals surface area contributed by atoms with Crippen LogP contribution in [-0.2, 0) is 0 Å². The Hall–Kier alpha value is -1.58. The predicted molar refractivity (Wildman–Crippen MR) is 53.9 cm³/mol. The van der Waals surface area contributed by atoms with Gasteiger partial charge in [0.05, 0.1) is 0 Å². The molecule has 2 unspecified atom stereocenters. The quantitative estimate of drug-likeness (QED) is 0.736. The summed E-state index contributed by atoms with van der Waals surface area (Å²) >= 11 is 0. The first kappa shape index (κ1) is 7.79. The summed E-state index contributed by atoms with van der Waals surface area (Å²) in [6.45, 7) is 2.23. The van der Waals surface area contributed by atoms with Crippen LogP contribution in [0.15, 0.2) is 18.3 Å². The highest BCUT2D eigenvalue weighted by Crippen LogP contribution is 2.45. The third kappa shape index (κ3) is 0.999. The maximum Gasteiger partial charge on any atom is 0.160 e. The van der Waals surface area contributed by atoms with E-state index in [1.165, 1.54) is 6.42 Å². The molecule has 4 heteroatoms. The van der Waals surface area contributed by atoms with Gasteiger partial charge in [-0.25, -0.2) is 0 Å². The molecule has 0 bridgehead atoms. The van der Waals surface area contributed by atoms with Gasteiger partial charge in [0.1, 0.15) is 5.82 Å². The van der Waals surface area contributed by atoms with E-state index in [4.69, 9.17) is 5.73 Å². The highest BCUT2D eigenvalue weighted by Gasteiger charge is 2.37. The molecule has 0 amide bonds. The van der Waals surface area contributed by atoms with Crippen molar-refractivity contribution in [2.24, 2.45) is 5.92 Å². The van der Waals surface area contributed by atoms with Gasteiger partial charge in [0, 0.05) is 17.8 Å². The number of fused-ring (bicyclic) bond motifs is 1. The average molecular weight is 188 g/mol. The van der Waals surface area contributed by atoms with Gasteiger partial charge in [-0.05, 0) is 24.5 Å². The Kier molecular flexibility index (Phi) is 1.37. The van der Waals surface area contributed by atoms with Crippen molar-refractivity contribution in [3.63, 3.8) is 0 Å². The number of hydrogen-bond donors (Lipinski definition) is 1. The van der Waals surface area contributed by atoms with Crippen molar-refractivity contribution in [1.82, 2.24) is 14.6 Å². The fourth-order valence-corrected chi connectivity index (χ4v) is 1.86. The van der Waals surface area contributed by atoms with Crippen LogP contribution in [0.1, 0.15) is 25.1 Å². The first-order valence-electron chi connectivity index (χ1n) is 4.86. The monoisotopic (exact) mass is 188 g/mol. The molecule has 0 saturated heterocycles. The number of anilines is 1. The van der Waals surface area contributed by atoms with Gasteiger partial charge in [-0.3, -0.25) is 4.40 Å². The standard InChI is InChI=1S/C10H12N4/c1-6-4-8(6)10-13-12-9-3-2-7(11)5-14(9)10/h2-3,5-6,8H,4,11H2,1H3. The molecule has 2 aromatic rings. The van der Waals surface area contributed by atoms with Crippen molar-refractivity contribution in [2.45, 2.75) is 19.3 Å². The average Bonchev–Trinajstić information content (AvgIpc) is 2.75. The van der Waals surface area contributed by atoms with Crippen LogP contribution in [0, 0.1) is 5.92 Å². The lowest BCUT2D eigenvalue weighted by Gasteiger charge is -1.98. The van der Waals surface area contributed by atoms with E-state index in [0.29, 0.717) is 5.92 Å². The molecule has 1 saturated carbocycles. The number of nitrogens with zero attached hydrogens (tertiary/aromatic N) is 3. The Labute approximate surface area is 81.8 Å². The van der Waals surface area contributed by atoms with Crippen LogP contribution in [0.4, 0.5) is 5.69 Å². The van der Waals surface area contributed by atoms with Crippen LogP contribution in [-0.4, -0.2) is 14.6 Å². The van der Waals surface area contributed by atoms with Gasteiger partial charge in [0.25, 0.3) is 0 Å². The second-order valence-electron chi connectivity index (χ2n) is 4.07. The lowest BCUT2D eigenvalue weighted by molar-refractivity contribution is 0.826. The molecule has 72 valence electrons. The summed E-state index contributed by atoms with van der Waals surface area (Å²) in [6.07, 6.45) is 3.12. The molecule has 0 aliphatic heterocycles. The molecule has 1 fully saturated rings. The first-order valence-corrected chi connectivity index (χ1v) is 4.86. The molecule has 0 spiro atoms. The van der Waals surface area contributed by atoms with Crippen LogP contribution >= 0.6 is 0 Å². The van der Waals surface area contributed by atoms with E-state index in [2.05, 4.69) is 17.1 Å². The number of nitrogens with two attached hydrogens (primary N) is 1. The van der Waals surface area contributed by atoms with Gasteiger partial charge in [0.15, 0.2) is 5.65 Å². The lowest BCUT2D eigenvalue weighted by atomic mass is 10.3. The van der Waals surface area contributed by atoms with Crippen molar-refractivity contribution in [1.29, 1.82) is 0 Å². The summed E-state index contributed by atoms with van der Waals surface area (Å²) in [5, 5.41) is 8.32. The van der Waals surface area contributed by atoms with E-state index in [0.717, 1.165) is 23.1 Å². The molecule has 2 aromatic heterocycles. The zero-order valence-corrected chi connectivity index (χ0v) is 8.01. The Bertz CT molecular complexity index is 488. The number of hydrogen-bond acceptors (Lipinski definition) is 3. The molecule has 2 N–H and O–H groups in total. The maximum absolute atomic E-state index is 5.73. The fourth-order valence-electron chi connectivity index (χ4n) is 1.86. The van der Waals surface area contributed by atoms with Crippen LogP contribution in [0.2, 0.25) is 0 Å². The van der Waals surface area contributed by atoms with E-state index in [1.54, 1.807) is 0 Å². The minimum Gasteiger partial charge on any atom is -0.398 e. The summed E-state index contributed by atoms with van der Waals surface area (Å²) in [5.74, 6) is 2.37. The molecule has 4 nitrogen and oxygen atoms in total. The molecule has 1 aliphatic carbocycles. The highest BCUT2D eigenvalue weighted by molar-refractivity contribution is 5.47. The second-order valence-corrected chi connectivity index (χ2v) is 4.07. The normalized spacial score (nSPS) is 25.5. The number of rotatable bonds is 1. The largest absolute Gasteiger partial charge is 0.398 e. The van der Waals surface area contributed by atoms with Crippen molar-refractivity contribution in [2.75, 3.05) is 5.73 Å². The van der Waals surface area contributed by atoms with E-state index in [-0.39, 0.29) is 0 Å². The van der Waals surface area contributed by atoms with Gasteiger partial charge in [-0.1, -0.05) is 6.92 Å². The molecule has 2 atom stereocenters. The van der Waals surface area contributed by atoms with Crippen molar-refractivity contribution < 1.29 is 0 Å². The smallest absolute Gasteiger partial charge is 0.160 e. The topological polar surface area (TPSA) is 56.2 Å². The lowest BCUT2D eigenvalue weighted by Crippen LogP contribution is -1.95. The third-order valence-corrected chi connectivity index (χ3v) is 2.89. The van der Waals surface area contributed by atoms with Crippen molar-refractivity contribution >= 4 is 11.3 Å². The van der Waals surface area contributed by atoms with E-state index in [1.807, 2.05) is 22.7 Å². The van der Waals surface area contributed by atoms with Gasteiger partial charge >= 0.3 is 0 Å². The van der Waals surface area contributed by atoms with Crippen molar-refractivity contribution in [3.05, 3.63) is 24.2 Å². The number of nitrogen functional groups attached to an aromatic ring is 1. The van der Waals surface area contributed by atoms with Crippen LogP contribution < -0.4 is 5.73 Å². The first-order chi connectivity index (χ1) is 6.75.